The first-order valence-electron chi connectivity index (χ1n) is 8.96. The highest BCUT2D eigenvalue weighted by Crippen LogP contribution is 2.29. The van der Waals surface area contributed by atoms with Gasteiger partial charge in [-0.05, 0) is 51.1 Å². The van der Waals surface area contributed by atoms with E-state index < -0.39 is 0 Å². The minimum absolute atomic E-state index is 0.175. The van der Waals surface area contributed by atoms with Crippen molar-refractivity contribution in [1.29, 1.82) is 0 Å². The second-order valence-corrected chi connectivity index (χ2v) is 7.30. The first-order chi connectivity index (χ1) is 13.1. The number of carbonyl (C=O) groups excluding carboxylic acids is 1. The fourth-order valence-corrected chi connectivity index (χ4v) is 3.70. The van der Waals surface area contributed by atoms with Gasteiger partial charge in [-0.15, -0.1) is 10.2 Å². The lowest BCUT2D eigenvalue weighted by Crippen LogP contribution is -2.01. The third kappa shape index (κ3) is 4.77. The fraction of sp³-hybridized carbons (Fsp3) is 0.286. The summed E-state index contributed by atoms with van der Waals surface area (Å²) in [6, 6.07) is 16.1. The summed E-state index contributed by atoms with van der Waals surface area (Å²) in [7, 11) is 0. The first-order valence-corrected chi connectivity index (χ1v) is 9.95. The van der Waals surface area contributed by atoms with E-state index in [1.54, 1.807) is 18.7 Å². The molecular formula is C21H23N3O2S. The molecule has 0 aliphatic heterocycles. The molecule has 6 heteroatoms. The van der Waals surface area contributed by atoms with E-state index in [2.05, 4.69) is 29.3 Å². The quantitative estimate of drug-likeness (QED) is 0.529. The molecule has 0 saturated heterocycles. The molecule has 0 atom stereocenters. The molecule has 0 amide bonds. The van der Waals surface area contributed by atoms with Crippen LogP contribution in [0.15, 0.2) is 53.7 Å². The van der Waals surface area contributed by atoms with E-state index in [4.69, 9.17) is 4.74 Å². The maximum absolute atomic E-state index is 11.3. The van der Waals surface area contributed by atoms with Crippen LogP contribution in [0, 0.1) is 6.92 Å². The molecule has 0 N–H and O–H groups in total. The topological polar surface area (TPSA) is 57.0 Å². The molecule has 5 nitrogen and oxygen atoms in total. The van der Waals surface area contributed by atoms with E-state index in [0.717, 1.165) is 28.0 Å². The Labute approximate surface area is 163 Å². The number of ketones is 1. The number of Topliss-reactive ketones (excluding diaryl/α,β-unsaturated/α-hetero) is 1. The van der Waals surface area contributed by atoms with Gasteiger partial charge in [-0.1, -0.05) is 35.5 Å². The molecule has 0 unspecified atom stereocenters. The zero-order valence-corrected chi connectivity index (χ0v) is 16.6. The molecule has 0 radical (unpaired) electrons. The predicted molar refractivity (Wildman–Crippen MR) is 109 cm³/mol. The number of ether oxygens (including phenoxy) is 1. The molecule has 0 bridgehead atoms. The largest absolute Gasteiger partial charge is 0.494 e. The summed E-state index contributed by atoms with van der Waals surface area (Å²) in [6.07, 6.45) is 0.514. The number of hydrogen-bond acceptors (Lipinski definition) is 5. The molecule has 1 aromatic heterocycles. The van der Waals surface area contributed by atoms with Crippen molar-refractivity contribution in [3.63, 3.8) is 0 Å². The average Bonchev–Trinajstić information content (AvgIpc) is 3.06. The van der Waals surface area contributed by atoms with E-state index in [1.165, 1.54) is 5.56 Å². The molecule has 0 aliphatic carbocycles. The van der Waals surface area contributed by atoms with Crippen LogP contribution in [0.3, 0.4) is 0 Å². The van der Waals surface area contributed by atoms with Crippen molar-refractivity contribution >= 4 is 17.5 Å². The Morgan fingerprint density at radius 3 is 2.59 bits per heavy atom. The smallest absolute Gasteiger partial charge is 0.196 e. The van der Waals surface area contributed by atoms with Crippen LogP contribution >= 0.6 is 11.8 Å². The Hall–Kier alpha value is -2.60. The molecule has 1 heterocycles. The molecule has 140 valence electrons. The Morgan fingerprint density at radius 2 is 1.93 bits per heavy atom. The van der Waals surface area contributed by atoms with Gasteiger partial charge in [0.2, 0.25) is 0 Å². The van der Waals surface area contributed by atoms with Crippen molar-refractivity contribution in [2.45, 2.75) is 32.3 Å². The summed E-state index contributed by atoms with van der Waals surface area (Å²) in [6.45, 7) is 6.26. The average molecular weight is 382 g/mol. The Balaban J connectivity index is 2.01. The van der Waals surface area contributed by atoms with Crippen molar-refractivity contribution in [1.82, 2.24) is 14.8 Å². The third-order valence-corrected chi connectivity index (χ3v) is 4.93. The second-order valence-electron chi connectivity index (χ2n) is 6.24. The zero-order chi connectivity index (χ0) is 19.2. The van der Waals surface area contributed by atoms with Crippen molar-refractivity contribution in [3.05, 3.63) is 54.1 Å². The van der Waals surface area contributed by atoms with E-state index >= 15 is 0 Å². The van der Waals surface area contributed by atoms with Gasteiger partial charge in [-0.3, -0.25) is 9.36 Å². The zero-order valence-electron chi connectivity index (χ0n) is 15.8. The highest BCUT2D eigenvalue weighted by atomic mass is 32.2. The summed E-state index contributed by atoms with van der Waals surface area (Å²) in [5.74, 6) is 2.47. The number of benzene rings is 2. The van der Waals surface area contributed by atoms with Crippen molar-refractivity contribution in [2.24, 2.45) is 0 Å². The third-order valence-electron chi connectivity index (χ3n) is 4.00. The molecule has 0 spiro atoms. The number of thioether (sulfide) groups is 1. The van der Waals surface area contributed by atoms with Crippen LogP contribution in [0.1, 0.15) is 25.8 Å². The van der Waals surface area contributed by atoms with Gasteiger partial charge in [0.25, 0.3) is 0 Å². The molecule has 0 aliphatic rings. The number of nitrogens with zero attached hydrogens (tertiary/aromatic N) is 3. The maximum Gasteiger partial charge on any atom is 0.196 e. The van der Waals surface area contributed by atoms with Gasteiger partial charge in [0, 0.05) is 23.4 Å². The summed E-state index contributed by atoms with van der Waals surface area (Å²) in [4.78, 5) is 11.3. The van der Waals surface area contributed by atoms with Crippen LogP contribution in [0.2, 0.25) is 0 Å². The van der Waals surface area contributed by atoms with Gasteiger partial charge in [-0.2, -0.15) is 0 Å². The first kappa shape index (κ1) is 19.2. The molecule has 3 rings (SSSR count). The summed E-state index contributed by atoms with van der Waals surface area (Å²) in [5.41, 5.74) is 3.14. The Kier molecular flexibility index (Phi) is 6.29. The summed E-state index contributed by atoms with van der Waals surface area (Å²) >= 11 is 1.54. The van der Waals surface area contributed by atoms with Crippen molar-refractivity contribution in [2.75, 3.05) is 12.4 Å². The minimum atomic E-state index is 0.175. The van der Waals surface area contributed by atoms with Crippen LogP contribution in [-0.4, -0.2) is 32.9 Å². The van der Waals surface area contributed by atoms with Gasteiger partial charge >= 0.3 is 0 Å². The molecule has 27 heavy (non-hydrogen) atoms. The normalized spacial score (nSPS) is 10.8. The van der Waals surface area contributed by atoms with Gasteiger partial charge < -0.3 is 4.74 Å². The molecular weight excluding hydrogens is 358 g/mol. The number of carbonyl (C=O) groups is 1. The Bertz CT molecular complexity index is 919. The lowest BCUT2D eigenvalue weighted by Gasteiger charge is -2.11. The fourth-order valence-electron chi connectivity index (χ4n) is 2.71. The van der Waals surface area contributed by atoms with E-state index in [-0.39, 0.29) is 5.78 Å². The standard InChI is InChI=1S/C21H23N3O2S/c1-4-26-19-10-8-18(9-11-19)24-20(17-7-5-6-15(2)14-17)22-23-21(24)27-13-12-16(3)25/h5-11,14H,4,12-13H2,1-3H3. The number of aromatic nitrogens is 3. The van der Waals surface area contributed by atoms with Crippen molar-refractivity contribution in [3.8, 4) is 22.8 Å². The summed E-state index contributed by atoms with van der Waals surface area (Å²) in [5, 5.41) is 9.60. The lowest BCUT2D eigenvalue weighted by molar-refractivity contribution is -0.116. The summed E-state index contributed by atoms with van der Waals surface area (Å²) < 4.78 is 7.58. The van der Waals surface area contributed by atoms with Gasteiger partial charge in [-0.25, -0.2) is 0 Å². The SMILES string of the molecule is CCOc1ccc(-n2c(SCCC(C)=O)nnc2-c2cccc(C)c2)cc1. The van der Waals surface area contributed by atoms with Gasteiger partial charge in [0.05, 0.1) is 6.61 Å². The van der Waals surface area contributed by atoms with Crippen LogP contribution in [0.5, 0.6) is 5.75 Å². The monoisotopic (exact) mass is 381 g/mol. The molecule has 2 aromatic carbocycles. The van der Waals surface area contributed by atoms with Crippen molar-refractivity contribution < 1.29 is 9.53 Å². The van der Waals surface area contributed by atoms with E-state index in [0.29, 0.717) is 18.8 Å². The highest BCUT2D eigenvalue weighted by molar-refractivity contribution is 7.99. The number of aryl methyl sites for hydroxylation is 1. The predicted octanol–water partition coefficient (Wildman–Crippen LogP) is 4.71. The molecule has 0 fully saturated rings. The number of hydrogen-bond donors (Lipinski definition) is 0. The van der Waals surface area contributed by atoms with E-state index in [1.807, 2.05) is 47.9 Å². The highest BCUT2D eigenvalue weighted by Gasteiger charge is 2.16. The molecule has 3 aromatic rings. The Morgan fingerprint density at radius 1 is 1.15 bits per heavy atom. The van der Waals surface area contributed by atoms with Crippen LogP contribution < -0.4 is 4.74 Å². The van der Waals surface area contributed by atoms with Crippen LogP contribution in [0.25, 0.3) is 17.1 Å². The van der Waals surface area contributed by atoms with Gasteiger partial charge in [0.1, 0.15) is 11.5 Å². The van der Waals surface area contributed by atoms with Crippen LogP contribution in [0.4, 0.5) is 0 Å². The van der Waals surface area contributed by atoms with E-state index in [9.17, 15) is 4.79 Å². The number of rotatable bonds is 8. The lowest BCUT2D eigenvalue weighted by atomic mass is 10.1. The second kappa shape index (κ2) is 8.86. The maximum atomic E-state index is 11.3. The van der Waals surface area contributed by atoms with Gasteiger partial charge in [0.15, 0.2) is 11.0 Å². The molecule has 0 saturated carbocycles. The minimum Gasteiger partial charge on any atom is -0.494 e. The van der Waals surface area contributed by atoms with Crippen LogP contribution in [-0.2, 0) is 4.79 Å².